The Morgan fingerprint density at radius 1 is 1.17 bits per heavy atom. The molecule has 1 fully saturated rings. The van der Waals surface area contributed by atoms with Crippen molar-refractivity contribution in [1.29, 1.82) is 0 Å². The van der Waals surface area contributed by atoms with Crippen molar-refractivity contribution in [2.45, 2.75) is 37.8 Å². The summed E-state index contributed by atoms with van der Waals surface area (Å²) in [4.78, 5) is 4.78. The highest BCUT2D eigenvalue weighted by atomic mass is 16.5. The van der Waals surface area contributed by atoms with Crippen molar-refractivity contribution >= 4 is 0 Å². The Bertz CT molecular complexity index is 764. The molecule has 3 rings (SSSR count). The first-order valence-corrected chi connectivity index (χ1v) is 10.8. The van der Waals surface area contributed by atoms with Crippen LogP contribution >= 0.6 is 0 Å². The Morgan fingerprint density at radius 3 is 2.59 bits per heavy atom. The van der Waals surface area contributed by atoms with Gasteiger partial charge in [-0.2, -0.15) is 0 Å². The van der Waals surface area contributed by atoms with Gasteiger partial charge in [-0.3, -0.25) is 4.90 Å². The van der Waals surface area contributed by atoms with E-state index in [1.165, 1.54) is 5.56 Å². The molecule has 158 valence electrons. The van der Waals surface area contributed by atoms with Crippen molar-refractivity contribution in [1.82, 2.24) is 9.80 Å². The third-order valence-corrected chi connectivity index (χ3v) is 6.25. The average Bonchev–Trinajstić information content (AvgIpc) is 2.74. The maximum absolute atomic E-state index is 11.9. The molecular weight excluding hydrogens is 360 g/mol. The second kappa shape index (κ2) is 9.75. The molecule has 1 N–H and O–H groups in total. The number of piperidine rings is 1. The van der Waals surface area contributed by atoms with Crippen LogP contribution in [-0.2, 0) is 5.60 Å². The quantitative estimate of drug-likeness (QED) is 0.721. The van der Waals surface area contributed by atoms with E-state index in [0.717, 1.165) is 50.2 Å². The fourth-order valence-corrected chi connectivity index (χ4v) is 4.76. The Morgan fingerprint density at radius 2 is 1.93 bits per heavy atom. The van der Waals surface area contributed by atoms with Gasteiger partial charge in [-0.15, -0.1) is 0 Å². The van der Waals surface area contributed by atoms with Crippen LogP contribution in [-0.4, -0.2) is 55.7 Å². The molecular formula is C25H36N2O2. The molecule has 0 saturated carbocycles. The molecule has 0 aliphatic carbocycles. The standard InChI is InChI=1S/C25H36N2O2/c1-5-10-24(20-11-7-6-8-12-20)27-16-15-25(28,22(19-27)18-26(2)3)21-13-9-14-23(17-21)29-4/h6-9,11-14,17,22,24,28H,5,10,15-16,18-19H2,1-4H3. The monoisotopic (exact) mass is 396 g/mol. The molecule has 0 bridgehead atoms. The second-order valence-electron chi connectivity index (χ2n) is 8.58. The lowest BCUT2D eigenvalue weighted by Crippen LogP contribution is -2.53. The third-order valence-electron chi connectivity index (χ3n) is 6.25. The highest BCUT2D eigenvalue weighted by Gasteiger charge is 2.44. The van der Waals surface area contributed by atoms with Gasteiger partial charge in [0.25, 0.3) is 0 Å². The topological polar surface area (TPSA) is 35.9 Å². The Labute approximate surface area is 176 Å². The van der Waals surface area contributed by atoms with Crippen molar-refractivity contribution < 1.29 is 9.84 Å². The number of aliphatic hydroxyl groups is 1. The predicted molar refractivity (Wildman–Crippen MR) is 119 cm³/mol. The highest BCUT2D eigenvalue weighted by molar-refractivity contribution is 5.33. The molecule has 0 amide bonds. The smallest absolute Gasteiger partial charge is 0.119 e. The average molecular weight is 397 g/mol. The van der Waals surface area contributed by atoms with Crippen LogP contribution in [0, 0.1) is 5.92 Å². The van der Waals surface area contributed by atoms with E-state index in [0.29, 0.717) is 6.04 Å². The number of hydrogen-bond donors (Lipinski definition) is 1. The van der Waals surface area contributed by atoms with Gasteiger partial charge < -0.3 is 14.7 Å². The zero-order valence-corrected chi connectivity index (χ0v) is 18.3. The SMILES string of the molecule is CCCC(c1ccccc1)N1CCC(O)(c2cccc(OC)c2)C(CN(C)C)C1. The minimum atomic E-state index is -0.844. The molecule has 2 aromatic carbocycles. The van der Waals surface area contributed by atoms with E-state index in [9.17, 15) is 5.11 Å². The lowest BCUT2D eigenvalue weighted by molar-refractivity contribution is -0.0937. The number of nitrogens with zero attached hydrogens (tertiary/aromatic N) is 2. The van der Waals surface area contributed by atoms with Crippen molar-refractivity contribution in [2.75, 3.05) is 40.8 Å². The van der Waals surface area contributed by atoms with Gasteiger partial charge >= 0.3 is 0 Å². The van der Waals surface area contributed by atoms with Gasteiger partial charge in [0.05, 0.1) is 12.7 Å². The molecule has 0 radical (unpaired) electrons. The van der Waals surface area contributed by atoms with Crippen LogP contribution in [0.2, 0.25) is 0 Å². The van der Waals surface area contributed by atoms with Gasteiger partial charge in [0, 0.05) is 31.6 Å². The Kier molecular flexibility index (Phi) is 7.33. The molecule has 0 spiro atoms. The van der Waals surface area contributed by atoms with Gasteiger partial charge in [0.1, 0.15) is 5.75 Å². The molecule has 3 unspecified atom stereocenters. The number of ether oxygens (including phenoxy) is 1. The first-order valence-electron chi connectivity index (χ1n) is 10.8. The van der Waals surface area contributed by atoms with Crippen LogP contribution in [0.15, 0.2) is 54.6 Å². The van der Waals surface area contributed by atoms with E-state index in [4.69, 9.17) is 4.74 Å². The van der Waals surface area contributed by atoms with Gasteiger partial charge in [-0.05, 0) is 50.2 Å². The first-order chi connectivity index (χ1) is 14.0. The number of benzene rings is 2. The number of rotatable bonds is 8. The first kappa shape index (κ1) is 21.8. The zero-order chi connectivity index (χ0) is 20.9. The van der Waals surface area contributed by atoms with Gasteiger partial charge in [0.15, 0.2) is 0 Å². The molecule has 3 atom stereocenters. The summed E-state index contributed by atoms with van der Waals surface area (Å²) in [6, 6.07) is 19.2. The van der Waals surface area contributed by atoms with Crippen LogP contribution in [0.1, 0.15) is 43.4 Å². The summed E-state index contributed by atoms with van der Waals surface area (Å²) in [5.41, 5.74) is 1.50. The lowest BCUT2D eigenvalue weighted by Gasteiger charge is -2.48. The predicted octanol–water partition coefficient (Wildman–Crippen LogP) is 4.31. The minimum absolute atomic E-state index is 0.126. The molecule has 0 aromatic heterocycles. The third kappa shape index (κ3) is 5.00. The lowest BCUT2D eigenvalue weighted by atomic mass is 9.75. The van der Waals surface area contributed by atoms with Crippen LogP contribution in [0.25, 0.3) is 0 Å². The zero-order valence-electron chi connectivity index (χ0n) is 18.3. The van der Waals surface area contributed by atoms with Crippen molar-refractivity contribution in [3.05, 3.63) is 65.7 Å². The Hall–Kier alpha value is -1.88. The van der Waals surface area contributed by atoms with Crippen molar-refractivity contribution in [2.24, 2.45) is 5.92 Å². The van der Waals surface area contributed by atoms with Crippen molar-refractivity contribution in [3.63, 3.8) is 0 Å². The molecule has 1 heterocycles. The van der Waals surface area contributed by atoms with E-state index in [-0.39, 0.29) is 5.92 Å². The minimum Gasteiger partial charge on any atom is -0.497 e. The summed E-state index contributed by atoms with van der Waals surface area (Å²) in [5, 5.41) is 11.9. The summed E-state index contributed by atoms with van der Waals surface area (Å²) in [5.74, 6) is 0.927. The van der Waals surface area contributed by atoms with Crippen LogP contribution < -0.4 is 4.74 Å². The number of methoxy groups -OCH3 is 1. The van der Waals surface area contributed by atoms with E-state index in [1.54, 1.807) is 7.11 Å². The molecule has 4 nitrogen and oxygen atoms in total. The molecule has 4 heteroatoms. The highest BCUT2D eigenvalue weighted by Crippen LogP contribution is 2.41. The van der Waals surface area contributed by atoms with Gasteiger partial charge in [-0.25, -0.2) is 0 Å². The van der Waals surface area contributed by atoms with E-state index in [1.807, 2.05) is 24.3 Å². The van der Waals surface area contributed by atoms with Gasteiger partial charge in [-0.1, -0.05) is 55.8 Å². The Balaban J connectivity index is 1.89. The fraction of sp³-hybridized carbons (Fsp3) is 0.520. The number of hydrogen-bond acceptors (Lipinski definition) is 4. The van der Waals surface area contributed by atoms with E-state index < -0.39 is 5.60 Å². The summed E-state index contributed by atoms with van der Waals surface area (Å²) in [7, 11) is 5.86. The summed E-state index contributed by atoms with van der Waals surface area (Å²) in [6.45, 7) is 4.87. The maximum atomic E-state index is 11.9. The van der Waals surface area contributed by atoms with E-state index in [2.05, 4.69) is 61.2 Å². The largest absolute Gasteiger partial charge is 0.497 e. The molecule has 1 aliphatic heterocycles. The molecule has 29 heavy (non-hydrogen) atoms. The fourth-order valence-electron chi connectivity index (χ4n) is 4.76. The molecule has 1 aliphatic rings. The summed E-state index contributed by atoms with van der Waals surface area (Å²) in [6.07, 6.45) is 3.01. The summed E-state index contributed by atoms with van der Waals surface area (Å²) < 4.78 is 5.42. The van der Waals surface area contributed by atoms with E-state index >= 15 is 0 Å². The second-order valence-corrected chi connectivity index (χ2v) is 8.58. The van der Waals surface area contributed by atoms with Crippen LogP contribution in [0.5, 0.6) is 5.75 Å². The normalized spacial score (nSPS) is 23.9. The van der Waals surface area contributed by atoms with Gasteiger partial charge in [0.2, 0.25) is 0 Å². The van der Waals surface area contributed by atoms with Crippen LogP contribution in [0.3, 0.4) is 0 Å². The van der Waals surface area contributed by atoms with Crippen molar-refractivity contribution in [3.8, 4) is 5.75 Å². The van der Waals surface area contributed by atoms with Crippen LogP contribution in [0.4, 0.5) is 0 Å². The summed E-state index contributed by atoms with van der Waals surface area (Å²) >= 11 is 0. The molecule has 2 aromatic rings. The number of likely N-dealkylation sites (tertiary alicyclic amines) is 1. The maximum Gasteiger partial charge on any atom is 0.119 e. The molecule has 1 saturated heterocycles.